The Balaban J connectivity index is 1.73. The molecule has 3 aromatic rings. The van der Waals surface area contributed by atoms with E-state index in [0.29, 0.717) is 11.4 Å². The fourth-order valence-corrected chi connectivity index (χ4v) is 3.54. The number of carbonyl (C=O) groups is 2. The van der Waals surface area contributed by atoms with E-state index in [1.807, 2.05) is 24.3 Å². The Bertz CT molecular complexity index is 1230. The van der Waals surface area contributed by atoms with Crippen LogP contribution in [0.25, 0.3) is 11.1 Å². The third-order valence-electron chi connectivity index (χ3n) is 4.89. The second-order valence-corrected chi connectivity index (χ2v) is 9.60. The minimum atomic E-state index is -0.679. The second-order valence-electron chi connectivity index (χ2n) is 9.16. The lowest BCUT2D eigenvalue weighted by Crippen LogP contribution is -2.41. The summed E-state index contributed by atoms with van der Waals surface area (Å²) in [5, 5.41) is 2.93. The van der Waals surface area contributed by atoms with E-state index in [9.17, 15) is 14.0 Å². The zero-order chi connectivity index (χ0) is 27.0. The Morgan fingerprint density at radius 2 is 1.81 bits per heavy atom. The second kappa shape index (κ2) is 12.5. The quantitative estimate of drug-likeness (QED) is 0.333. The van der Waals surface area contributed by atoms with Gasteiger partial charge in [-0.25, -0.2) is 14.2 Å². The third kappa shape index (κ3) is 9.02. The Labute approximate surface area is 220 Å². The van der Waals surface area contributed by atoms with Crippen LogP contribution in [0.4, 0.5) is 9.18 Å². The van der Waals surface area contributed by atoms with Crippen molar-refractivity contribution >= 4 is 23.7 Å². The van der Waals surface area contributed by atoms with Gasteiger partial charge in [0.25, 0.3) is 5.88 Å². The van der Waals surface area contributed by atoms with E-state index in [-0.39, 0.29) is 30.4 Å². The summed E-state index contributed by atoms with van der Waals surface area (Å²) in [4.78, 5) is 32.7. The van der Waals surface area contributed by atoms with Crippen LogP contribution in [-0.4, -0.2) is 40.3 Å². The number of pyridine rings is 2. The Morgan fingerprint density at radius 1 is 1.08 bits per heavy atom. The van der Waals surface area contributed by atoms with Crippen LogP contribution < -0.4 is 10.1 Å². The highest BCUT2D eigenvalue weighted by Gasteiger charge is 2.23. The summed E-state index contributed by atoms with van der Waals surface area (Å²) in [5.74, 6) is -0.856. The first kappa shape index (κ1) is 27.9. The van der Waals surface area contributed by atoms with E-state index >= 15 is 0 Å². The van der Waals surface area contributed by atoms with Crippen molar-refractivity contribution in [1.29, 1.82) is 0 Å². The number of nitrogens with one attached hydrogen (secondary N) is 1. The molecule has 3 rings (SSSR count). The largest absolute Gasteiger partial charge is 0.466 e. The Kier molecular flexibility index (Phi) is 9.41. The number of alkyl carbamates (subject to hydrolysis) is 1. The molecule has 10 heteroatoms. The number of halogens is 2. The average molecular weight is 530 g/mol. The van der Waals surface area contributed by atoms with Gasteiger partial charge >= 0.3 is 12.1 Å². The number of nitrogens with zero attached hydrogens (tertiary/aromatic N) is 2. The average Bonchev–Trinajstić information content (AvgIpc) is 2.80. The van der Waals surface area contributed by atoms with Gasteiger partial charge in [0.05, 0.1) is 18.1 Å². The summed E-state index contributed by atoms with van der Waals surface area (Å²) in [6.45, 7) is 7.24. The molecule has 1 N–H and O–H groups in total. The number of ether oxygens (including phenoxy) is 3. The van der Waals surface area contributed by atoms with Gasteiger partial charge in [0.1, 0.15) is 11.4 Å². The normalized spacial score (nSPS) is 11.9. The van der Waals surface area contributed by atoms with Gasteiger partial charge < -0.3 is 19.5 Å². The molecule has 0 spiro atoms. The highest BCUT2D eigenvalue weighted by atomic mass is 35.5. The maximum atomic E-state index is 14.0. The van der Waals surface area contributed by atoms with Crippen LogP contribution in [-0.2, 0) is 20.7 Å². The summed E-state index contributed by atoms with van der Waals surface area (Å²) in [6, 6.07) is 11.3. The molecule has 0 fully saturated rings. The molecule has 0 unspecified atom stereocenters. The SMILES string of the molecule is CCOC(=O)C[C@@H](Cc1cc(-c2ccc(Oc3ncc(Cl)cc3F)cc2)ccn1)NC(=O)OC(C)(C)C. The molecule has 2 aromatic heterocycles. The molecule has 1 aromatic carbocycles. The van der Waals surface area contributed by atoms with Gasteiger partial charge in [-0.1, -0.05) is 23.7 Å². The zero-order valence-electron chi connectivity index (χ0n) is 21.1. The monoisotopic (exact) mass is 529 g/mol. The first-order chi connectivity index (χ1) is 17.5. The van der Waals surface area contributed by atoms with Crippen molar-refractivity contribution < 1.29 is 28.2 Å². The predicted octanol–water partition coefficient (Wildman–Crippen LogP) is 6.12. The van der Waals surface area contributed by atoms with Crippen molar-refractivity contribution in [2.45, 2.75) is 52.2 Å². The summed E-state index contributed by atoms with van der Waals surface area (Å²) >= 11 is 5.73. The molecule has 0 saturated heterocycles. The van der Waals surface area contributed by atoms with Gasteiger partial charge in [-0.2, -0.15) is 0 Å². The van der Waals surface area contributed by atoms with Crippen molar-refractivity contribution in [2.75, 3.05) is 6.61 Å². The van der Waals surface area contributed by atoms with Crippen LogP contribution in [0.1, 0.15) is 39.8 Å². The third-order valence-corrected chi connectivity index (χ3v) is 5.09. The zero-order valence-corrected chi connectivity index (χ0v) is 21.8. The van der Waals surface area contributed by atoms with Gasteiger partial charge in [0, 0.05) is 30.6 Å². The van der Waals surface area contributed by atoms with Crippen LogP contribution in [0.3, 0.4) is 0 Å². The van der Waals surface area contributed by atoms with Gasteiger partial charge in [0.15, 0.2) is 5.82 Å². The molecule has 0 radical (unpaired) electrons. The molecule has 0 saturated carbocycles. The van der Waals surface area contributed by atoms with Gasteiger partial charge in [0.2, 0.25) is 0 Å². The van der Waals surface area contributed by atoms with Crippen LogP contribution in [0.15, 0.2) is 54.9 Å². The van der Waals surface area contributed by atoms with Crippen molar-refractivity contribution in [2.24, 2.45) is 0 Å². The number of aromatic nitrogens is 2. The fraction of sp³-hybridized carbons (Fsp3) is 0.333. The van der Waals surface area contributed by atoms with Crippen LogP contribution in [0.5, 0.6) is 11.6 Å². The number of hydrogen-bond donors (Lipinski definition) is 1. The minimum absolute atomic E-state index is 0.0275. The Hall–Kier alpha value is -3.72. The molecule has 37 heavy (non-hydrogen) atoms. The maximum absolute atomic E-state index is 14.0. The van der Waals surface area contributed by atoms with Crippen LogP contribution in [0, 0.1) is 5.82 Å². The van der Waals surface area contributed by atoms with E-state index < -0.39 is 29.5 Å². The lowest BCUT2D eigenvalue weighted by molar-refractivity contribution is -0.143. The molecule has 196 valence electrons. The molecule has 8 nitrogen and oxygen atoms in total. The van der Waals surface area contributed by atoms with Crippen molar-refractivity contribution in [3.8, 4) is 22.8 Å². The smallest absolute Gasteiger partial charge is 0.407 e. The standard InChI is InChI=1S/C27H29ClFN3O5/c1-5-35-24(33)15-21(32-26(34)37-27(2,3)4)14-20-12-18(10-11-30-20)17-6-8-22(9-7-17)36-25-23(29)13-19(28)16-31-25/h6-13,16,21H,5,14-15H2,1-4H3,(H,32,34)/t21-/m1/s1. The molecule has 2 heterocycles. The van der Waals surface area contributed by atoms with Gasteiger partial charge in [-0.05, 0) is 69.2 Å². The van der Waals surface area contributed by atoms with E-state index in [4.69, 9.17) is 25.8 Å². The lowest BCUT2D eigenvalue weighted by Gasteiger charge is -2.23. The molecule has 0 bridgehead atoms. The van der Waals surface area contributed by atoms with E-state index in [1.165, 1.54) is 6.20 Å². The molecule has 1 atom stereocenters. The van der Waals surface area contributed by atoms with E-state index in [1.54, 1.807) is 46.0 Å². The van der Waals surface area contributed by atoms with Gasteiger partial charge in [-0.15, -0.1) is 0 Å². The molecule has 0 aliphatic heterocycles. The lowest BCUT2D eigenvalue weighted by atomic mass is 10.0. The van der Waals surface area contributed by atoms with E-state index in [0.717, 1.165) is 17.2 Å². The molecule has 1 amide bonds. The summed E-state index contributed by atoms with van der Waals surface area (Å²) in [7, 11) is 0. The first-order valence-electron chi connectivity index (χ1n) is 11.7. The summed E-state index contributed by atoms with van der Waals surface area (Å²) < 4.78 is 29.9. The van der Waals surface area contributed by atoms with Crippen molar-refractivity contribution in [3.05, 3.63) is 71.4 Å². The number of esters is 1. The molecular weight excluding hydrogens is 501 g/mol. The highest BCUT2D eigenvalue weighted by molar-refractivity contribution is 6.30. The number of amides is 1. The van der Waals surface area contributed by atoms with Crippen molar-refractivity contribution in [3.63, 3.8) is 0 Å². The van der Waals surface area contributed by atoms with Gasteiger partial charge in [-0.3, -0.25) is 9.78 Å². The number of carbonyl (C=O) groups excluding carboxylic acids is 2. The Morgan fingerprint density at radius 3 is 2.46 bits per heavy atom. The minimum Gasteiger partial charge on any atom is -0.466 e. The van der Waals surface area contributed by atoms with Crippen LogP contribution in [0.2, 0.25) is 5.02 Å². The topological polar surface area (TPSA) is 99.6 Å². The van der Waals surface area contributed by atoms with Crippen molar-refractivity contribution in [1.82, 2.24) is 15.3 Å². The highest BCUT2D eigenvalue weighted by Crippen LogP contribution is 2.27. The van der Waals surface area contributed by atoms with Crippen LogP contribution >= 0.6 is 11.6 Å². The first-order valence-corrected chi connectivity index (χ1v) is 12.1. The number of rotatable bonds is 9. The maximum Gasteiger partial charge on any atom is 0.407 e. The predicted molar refractivity (Wildman–Crippen MR) is 137 cm³/mol. The summed E-state index contributed by atoms with van der Waals surface area (Å²) in [5.41, 5.74) is 1.71. The number of benzene rings is 1. The summed E-state index contributed by atoms with van der Waals surface area (Å²) in [6.07, 6.45) is 2.59. The molecular formula is C27H29ClFN3O5. The van der Waals surface area contributed by atoms with E-state index in [2.05, 4.69) is 15.3 Å². The molecule has 0 aliphatic rings. The fourth-order valence-electron chi connectivity index (χ4n) is 3.40. The number of hydrogen-bond acceptors (Lipinski definition) is 7. The molecule has 0 aliphatic carbocycles.